The quantitative estimate of drug-likeness (QED) is 0.207. The van der Waals surface area contributed by atoms with Crippen molar-refractivity contribution in [1.82, 2.24) is 15.1 Å². The van der Waals surface area contributed by atoms with Crippen LogP contribution < -0.4 is 22.1 Å². The highest BCUT2D eigenvalue weighted by Crippen LogP contribution is 2.38. The van der Waals surface area contributed by atoms with Gasteiger partial charge in [-0.3, -0.25) is 9.59 Å². The van der Waals surface area contributed by atoms with Gasteiger partial charge in [0.25, 0.3) is 0 Å². The van der Waals surface area contributed by atoms with Crippen LogP contribution in [0.5, 0.6) is 0 Å². The topological polar surface area (TPSA) is 134 Å². The highest BCUT2D eigenvalue weighted by molar-refractivity contribution is 6.33. The smallest absolute Gasteiger partial charge is 0.397 e. The molecular weight excluding hydrogens is 597 g/mol. The molecule has 0 aromatic heterocycles. The summed E-state index contributed by atoms with van der Waals surface area (Å²) in [5.41, 5.74) is 11.5. The molecule has 9 nitrogen and oxygen atoms in total. The zero-order valence-electron chi connectivity index (χ0n) is 24.6. The van der Waals surface area contributed by atoms with Crippen molar-refractivity contribution in [1.29, 1.82) is 0 Å². The first-order valence-electron chi connectivity index (χ1n) is 15.0. The van der Waals surface area contributed by atoms with Gasteiger partial charge in [0.05, 0.1) is 22.2 Å². The molecule has 0 saturated carbocycles. The van der Waals surface area contributed by atoms with Gasteiger partial charge < -0.3 is 31.9 Å². The van der Waals surface area contributed by atoms with E-state index in [1.807, 2.05) is 29.2 Å². The molecular formula is C31H40ClF3N6O3. The monoisotopic (exact) mass is 636 g/mol. The van der Waals surface area contributed by atoms with Crippen molar-refractivity contribution in [3.05, 3.63) is 58.1 Å². The van der Waals surface area contributed by atoms with E-state index in [9.17, 15) is 27.6 Å². The number of alkyl halides is 3. The summed E-state index contributed by atoms with van der Waals surface area (Å²) in [6.07, 6.45) is -0.816. The van der Waals surface area contributed by atoms with Crippen LogP contribution in [-0.4, -0.2) is 66.4 Å². The molecule has 2 aliphatic heterocycles. The molecule has 1 saturated heterocycles. The molecule has 13 heteroatoms. The molecule has 2 aromatic carbocycles. The number of nitrogens with two attached hydrogens (primary N) is 2. The minimum absolute atomic E-state index is 0.0429. The number of unbranched alkanes of at least 4 members (excludes halogenated alkanes) is 2. The van der Waals surface area contributed by atoms with E-state index in [4.69, 9.17) is 23.1 Å². The van der Waals surface area contributed by atoms with Crippen LogP contribution in [0, 0.1) is 5.92 Å². The predicted octanol–water partition coefficient (Wildman–Crippen LogP) is 4.82. The van der Waals surface area contributed by atoms with Gasteiger partial charge >= 0.3 is 12.2 Å². The number of halogens is 4. The number of para-hydroxylation sites is 1. The Labute approximate surface area is 260 Å². The largest absolute Gasteiger partial charge is 0.418 e. The van der Waals surface area contributed by atoms with Crippen LogP contribution in [0.15, 0.2) is 36.4 Å². The van der Waals surface area contributed by atoms with Crippen LogP contribution in [0.4, 0.5) is 29.3 Å². The number of carbonyl (C=O) groups excluding carboxylic acids is 3. The first-order valence-corrected chi connectivity index (χ1v) is 15.4. The number of urea groups is 1. The van der Waals surface area contributed by atoms with E-state index in [1.54, 1.807) is 4.90 Å². The van der Waals surface area contributed by atoms with Gasteiger partial charge in [-0.05, 0) is 74.4 Å². The third-order valence-electron chi connectivity index (χ3n) is 8.35. The normalized spacial score (nSPS) is 16.6. The maximum absolute atomic E-state index is 13.6. The third kappa shape index (κ3) is 8.56. The van der Waals surface area contributed by atoms with Gasteiger partial charge in [-0.2, -0.15) is 13.2 Å². The fourth-order valence-corrected chi connectivity index (χ4v) is 6.12. The maximum Gasteiger partial charge on any atom is 0.418 e. The van der Waals surface area contributed by atoms with Crippen LogP contribution in [-0.2, 0) is 28.6 Å². The average Bonchev–Trinajstić information content (AvgIpc) is 3.15. The van der Waals surface area contributed by atoms with Crippen molar-refractivity contribution in [3.8, 4) is 0 Å². The zero-order chi connectivity index (χ0) is 31.9. The highest BCUT2D eigenvalue weighted by atomic mass is 35.5. The molecule has 0 spiro atoms. The number of carbonyl (C=O) groups is 3. The highest BCUT2D eigenvalue weighted by Gasteiger charge is 2.36. The van der Waals surface area contributed by atoms with Crippen LogP contribution in [0.25, 0.3) is 0 Å². The summed E-state index contributed by atoms with van der Waals surface area (Å²) in [4.78, 5) is 43.1. The number of nitrogens with one attached hydrogen (secondary N) is 2. The SMILES string of the molecule is NCCCCCNC(=O)[C@H](CC(=O)N1CCC(N2CCc3ccccc3NC2=O)CC1)Cc1cc(Cl)c(N)c(C(F)(F)F)c1. The van der Waals surface area contributed by atoms with Gasteiger partial charge in [-0.15, -0.1) is 0 Å². The Bertz CT molecular complexity index is 1330. The number of anilines is 2. The molecule has 0 radical (unpaired) electrons. The zero-order valence-corrected chi connectivity index (χ0v) is 25.4. The minimum Gasteiger partial charge on any atom is -0.397 e. The molecule has 0 unspecified atom stereocenters. The first kappa shape index (κ1) is 33.4. The summed E-state index contributed by atoms with van der Waals surface area (Å²) in [5, 5.41) is 5.55. The molecule has 2 aromatic rings. The van der Waals surface area contributed by atoms with Crippen molar-refractivity contribution >= 4 is 40.8 Å². The lowest BCUT2D eigenvalue weighted by Gasteiger charge is -2.38. The van der Waals surface area contributed by atoms with Crippen molar-refractivity contribution in [2.45, 2.75) is 63.6 Å². The molecule has 4 amide bonds. The van der Waals surface area contributed by atoms with Gasteiger partial charge in [0, 0.05) is 44.3 Å². The summed E-state index contributed by atoms with van der Waals surface area (Å²) in [5.74, 6) is -1.59. The number of amides is 4. The van der Waals surface area contributed by atoms with Crippen molar-refractivity contribution < 1.29 is 27.6 Å². The van der Waals surface area contributed by atoms with E-state index in [-0.39, 0.29) is 41.4 Å². The van der Waals surface area contributed by atoms with E-state index in [0.29, 0.717) is 52.0 Å². The molecule has 0 bridgehead atoms. The van der Waals surface area contributed by atoms with Crippen molar-refractivity contribution in [2.24, 2.45) is 11.7 Å². The van der Waals surface area contributed by atoms with E-state index in [1.165, 1.54) is 6.07 Å². The van der Waals surface area contributed by atoms with E-state index in [0.717, 1.165) is 36.6 Å². The third-order valence-corrected chi connectivity index (χ3v) is 8.66. The lowest BCUT2D eigenvalue weighted by Crippen LogP contribution is -2.50. The number of fused-ring (bicyclic) bond motifs is 1. The molecule has 0 aliphatic carbocycles. The Morgan fingerprint density at radius 1 is 1.09 bits per heavy atom. The Hall–Kier alpha value is -3.51. The second-order valence-corrected chi connectivity index (χ2v) is 11.8. The van der Waals surface area contributed by atoms with Crippen LogP contribution >= 0.6 is 11.6 Å². The van der Waals surface area contributed by atoms with Crippen molar-refractivity contribution in [2.75, 3.05) is 43.8 Å². The molecule has 4 rings (SSSR count). The van der Waals surface area contributed by atoms with Gasteiger partial charge in [0.2, 0.25) is 11.8 Å². The molecule has 2 heterocycles. The summed E-state index contributed by atoms with van der Waals surface area (Å²) in [6, 6.07) is 9.70. The van der Waals surface area contributed by atoms with Gasteiger partial charge in [-0.25, -0.2) is 4.79 Å². The minimum atomic E-state index is -4.72. The lowest BCUT2D eigenvalue weighted by atomic mass is 9.92. The van der Waals surface area contributed by atoms with Gasteiger partial charge in [-0.1, -0.05) is 36.2 Å². The van der Waals surface area contributed by atoms with Crippen LogP contribution in [0.3, 0.4) is 0 Å². The summed E-state index contributed by atoms with van der Waals surface area (Å²) >= 11 is 6.03. The maximum atomic E-state index is 13.6. The number of likely N-dealkylation sites (tertiary alicyclic amines) is 1. The molecule has 2 aliphatic rings. The fourth-order valence-electron chi connectivity index (χ4n) is 5.88. The van der Waals surface area contributed by atoms with Gasteiger partial charge in [0.1, 0.15) is 0 Å². The molecule has 240 valence electrons. The number of nitrogen functional groups attached to an aromatic ring is 1. The standard InChI is InChI=1S/C31H40ClF3N6O3/c32-25-18-20(17-24(28(25)37)31(33,34)35)16-22(29(43)38-12-5-1-4-11-36)19-27(42)40-13-9-23(10-14-40)41-15-8-21-6-2-3-7-26(21)39-30(41)44/h2-3,6-7,17-18,22-23H,1,4-5,8-16,19,36-37H2,(H,38,43)(H,39,44)/t22-/m0/s1. The van der Waals surface area contributed by atoms with Crippen molar-refractivity contribution in [3.63, 3.8) is 0 Å². The lowest BCUT2D eigenvalue weighted by molar-refractivity contribution is -0.138. The summed E-state index contributed by atoms with van der Waals surface area (Å²) in [6.45, 7) is 2.28. The predicted molar refractivity (Wildman–Crippen MR) is 164 cm³/mol. The molecule has 44 heavy (non-hydrogen) atoms. The second kappa shape index (κ2) is 15.0. The molecule has 1 fully saturated rings. The number of rotatable bonds is 11. The Kier molecular flexibility index (Phi) is 11.4. The number of benzene rings is 2. The Morgan fingerprint density at radius 3 is 2.52 bits per heavy atom. The van der Waals surface area contributed by atoms with E-state index >= 15 is 0 Å². The average molecular weight is 637 g/mol. The Balaban J connectivity index is 1.40. The fraction of sp³-hybridized carbons (Fsp3) is 0.516. The van der Waals surface area contributed by atoms with E-state index < -0.39 is 29.3 Å². The molecule has 1 atom stereocenters. The van der Waals surface area contributed by atoms with E-state index in [2.05, 4.69) is 10.6 Å². The number of hydrogen-bond acceptors (Lipinski definition) is 5. The van der Waals surface area contributed by atoms with Gasteiger partial charge in [0.15, 0.2) is 0 Å². The van der Waals surface area contributed by atoms with Crippen LogP contribution in [0.1, 0.15) is 55.2 Å². The van der Waals surface area contributed by atoms with Crippen LogP contribution in [0.2, 0.25) is 5.02 Å². The molecule has 6 N–H and O–H groups in total. The number of piperidine rings is 1. The first-order chi connectivity index (χ1) is 21.0. The summed E-state index contributed by atoms with van der Waals surface area (Å²) < 4.78 is 40.8. The Morgan fingerprint density at radius 2 is 1.82 bits per heavy atom. The number of nitrogens with zero attached hydrogens (tertiary/aromatic N) is 2. The number of hydrogen-bond donors (Lipinski definition) is 4. The second-order valence-electron chi connectivity index (χ2n) is 11.4. The summed E-state index contributed by atoms with van der Waals surface area (Å²) in [7, 11) is 0.